The third kappa shape index (κ3) is 4.23. The largest absolute Gasteiger partial charge is 0.398 e. The maximum Gasteiger partial charge on any atom is 0.253 e. The minimum absolute atomic E-state index is 0.0749. The lowest BCUT2D eigenvalue weighted by molar-refractivity contribution is 0.0863. The number of carbonyl (C=O) groups excluding carboxylic acids is 1. The van der Waals surface area contributed by atoms with Gasteiger partial charge < -0.3 is 11.1 Å². The molecule has 3 N–H and O–H groups in total. The van der Waals surface area contributed by atoms with Crippen molar-refractivity contribution in [1.82, 2.24) is 10.2 Å². The van der Waals surface area contributed by atoms with E-state index in [4.69, 9.17) is 5.73 Å². The number of nitrogens with two attached hydrogens (primary N) is 1. The number of likely N-dealkylation sites (tertiary alicyclic amines) is 1. The molecule has 0 spiro atoms. The first-order valence-corrected chi connectivity index (χ1v) is 8.35. The van der Waals surface area contributed by atoms with Gasteiger partial charge in [0.15, 0.2) is 0 Å². The Labute approximate surface area is 134 Å². The van der Waals surface area contributed by atoms with Crippen LogP contribution in [0.2, 0.25) is 0 Å². The number of nitrogens with zero attached hydrogens (tertiary/aromatic N) is 1. The van der Waals surface area contributed by atoms with Crippen LogP contribution in [-0.2, 0) is 0 Å². The van der Waals surface area contributed by atoms with E-state index < -0.39 is 0 Å². The number of rotatable bonds is 5. The van der Waals surface area contributed by atoms with Crippen LogP contribution in [0, 0.1) is 11.8 Å². The van der Waals surface area contributed by atoms with Gasteiger partial charge in [-0.05, 0) is 49.9 Å². The third-order valence-corrected chi connectivity index (χ3v) is 4.73. The molecule has 1 unspecified atom stereocenters. The van der Waals surface area contributed by atoms with Crippen molar-refractivity contribution in [3.05, 3.63) is 29.8 Å². The monoisotopic (exact) mass is 303 g/mol. The number of anilines is 1. The van der Waals surface area contributed by atoms with E-state index in [0.29, 0.717) is 29.8 Å². The lowest BCUT2D eigenvalue weighted by atomic mass is 9.94. The Morgan fingerprint density at radius 2 is 1.95 bits per heavy atom. The smallest absolute Gasteiger partial charge is 0.253 e. The number of amides is 1. The third-order valence-electron chi connectivity index (χ3n) is 4.73. The highest BCUT2D eigenvalue weighted by molar-refractivity contribution is 5.99. The van der Waals surface area contributed by atoms with Gasteiger partial charge in [-0.3, -0.25) is 9.69 Å². The molecule has 1 saturated heterocycles. The van der Waals surface area contributed by atoms with Crippen LogP contribution in [0.1, 0.15) is 44.0 Å². The van der Waals surface area contributed by atoms with Gasteiger partial charge in [-0.2, -0.15) is 0 Å². The lowest BCUT2D eigenvalue weighted by Crippen LogP contribution is -2.49. The Hall–Kier alpha value is -1.55. The fourth-order valence-electron chi connectivity index (χ4n) is 3.14. The Morgan fingerprint density at radius 3 is 2.55 bits per heavy atom. The standard InChI is InChI=1S/C18H29N3O/c1-13(2)17(21-10-8-14(3)9-11-21)12-20-18(22)15-6-4-5-7-16(15)19/h4-7,13-14,17H,8-12,19H2,1-3H3,(H,20,22). The van der Waals surface area contributed by atoms with E-state index in [0.717, 1.165) is 19.0 Å². The molecule has 1 aliphatic heterocycles. The molecule has 0 aromatic heterocycles. The molecule has 1 atom stereocenters. The van der Waals surface area contributed by atoms with Gasteiger partial charge in [-0.15, -0.1) is 0 Å². The second-order valence-electron chi connectivity index (χ2n) is 6.83. The van der Waals surface area contributed by atoms with Crippen molar-refractivity contribution in [1.29, 1.82) is 0 Å². The summed E-state index contributed by atoms with van der Waals surface area (Å²) in [5.41, 5.74) is 6.98. The average Bonchev–Trinajstić information content (AvgIpc) is 2.49. The lowest BCUT2D eigenvalue weighted by Gasteiger charge is -2.38. The van der Waals surface area contributed by atoms with E-state index in [1.807, 2.05) is 12.1 Å². The molecule has 1 aromatic rings. The van der Waals surface area contributed by atoms with E-state index in [-0.39, 0.29) is 5.91 Å². The Balaban J connectivity index is 1.94. The molecule has 2 rings (SSSR count). The molecule has 0 aliphatic carbocycles. The highest BCUT2D eigenvalue weighted by Crippen LogP contribution is 2.21. The SMILES string of the molecule is CC1CCN(C(CNC(=O)c2ccccc2N)C(C)C)CC1. The number of nitrogen functional groups attached to an aromatic ring is 1. The van der Waals surface area contributed by atoms with Crippen LogP contribution in [0.15, 0.2) is 24.3 Å². The summed E-state index contributed by atoms with van der Waals surface area (Å²) < 4.78 is 0. The van der Waals surface area contributed by atoms with Crippen molar-refractivity contribution < 1.29 is 4.79 Å². The maximum absolute atomic E-state index is 12.3. The Bertz CT molecular complexity index is 493. The van der Waals surface area contributed by atoms with Gasteiger partial charge in [-0.25, -0.2) is 0 Å². The van der Waals surface area contributed by atoms with Crippen molar-refractivity contribution in [2.24, 2.45) is 11.8 Å². The summed E-state index contributed by atoms with van der Waals surface area (Å²) >= 11 is 0. The normalized spacial score (nSPS) is 18.4. The van der Waals surface area contributed by atoms with Crippen molar-refractivity contribution in [2.45, 2.75) is 39.7 Å². The van der Waals surface area contributed by atoms with Gasteiger partial charge in [0.2, 0.25) is 0 Å². The van der Waals surface area contributed by atoms with Gasteiger partial charge in [0.25, 0.3) is 5.91 Å². The Kier molecular flexibility index (Phi) is 5.83. The summed E-state index contributed by atoms with van der Waals surface area (Å²) in [5, 5.41) is 3.07. The first-order chi connectivity index (χ1) is 10.5. The highest BCUT2D eigenvalue weighted by atomic mass is 16.1. The molecule has 22 heavy (non-hydrogen) atoms. The van der Waals surface area contributed by atoms with Gasteiger partial charge >= 0.3 is 0 Å². The van der Waals surface area contributed by atoms with E-state index in [1.165, 1.54) is 12.8 Å². The van der Waals surface area contributed by atoms with Crippen molar-refractivity contribution >= 4 is 11.6 Å². The zero-order chi connectivity index (χ0) is 16.1. The number of nitrogens with one attached hydrogen (secondary N) is 1. The van der Waals surface area contributed by atoms with Crippen LogP contribution in [-0.4, -0.2) is 36.5 Å². The number of piperidine rings is 1. The predicted octanol–water partition coefficient (Wildman–Crippen LogP) is 2.76. The number of carbonyl (C=O) groups is 1. The van der Waals surface area contributed by atoms with E-state index in [9.17, 15) is 4.79 Å². The van der Waals surface area contributed by atoms with Crippen LogP contribution in [0.3, 0.4) is 0 Å². The summed E-state index contributed by atoms with van der Waals surface area (Å²) in [6.07, 6.45) is 2.51. The number of para-hydroxylation sites is 1. The zero-order valence-corrected chi connectivity index (χ0v) is 14.0. The molecule has 1 heterocycles. The number of benzene rings is 1. The molecule has 0 bridgehead atoms. The molecule has 0 radical (unpaired) electrons. The van der Waals surface area contributed by atoms with Crippen LogP contribution < -0.4 is 11.1 Å². The Morgan fingerprint density at radius 1 is 1.32 bits per heavy atom. The quantitative estimate of drug-likeness (QED) is 0.822. The molecule has 4 heteroatoms. The fraction of sp³-hybridized carbons (Fsp3) is 0.611. The maximum atomic E-state index is 12.3. The van der Waals surface area contributed by atoms with Gasteiger partial charge in [0.05, 0.1) is 5.56 Å². The summed E-state index contributed by atoms with van der Waals surface area (Å²) in [7, 11) is 0. The number of hydrogen-bond acceptors (Lipinski definition) is 3. The first-order valence-electron chi connectivity index (χ1n) is 8.35. The predicted molar refractivity (Wildman–Crippen MR) is 91.8 cm³/mol. The number of hydrogen-bond donors (Lipinski definition) is 2. The average molecular weight is 303 g/mol. The van der Waals surface area contributed by atoms with E-state index >= 15 is 0 Å². The molecule has 1 amide bonds. The molecule has 122 valence electrons. The molecular weight excluding hydrogens is 274 g/mol. The van der Waals surface area contributed by atoms with Crippen molar-refractivity contribution in [3.63, 3.8) is 0 Å². The van der Waals surface area contributed by atoms with Crippen LogP contribution >= 0.6 is 0 Å². The molecule has 4 nitrogen and oxygen atoms in total. The molecule has 1 fully saturated rings. The molecular formula is C18H29N3O. The van der Waals surface area contributed by atoms with Crippen LogP contribution in [0.5, 0.6) is 0 Å². The first kappa shape index (κ1) is 16.8. The van der Waals surface area contributed by atoms with Gasteiger partial charge in [0.1, 0.15) is 0 Å². The fourth-order valence-corrected chi connectivity index (χ4v) is 3.14. The topological polar surface area (TPSA) is 58.4 Å². The second kappa shape index (κ2) is 7.63. The minimum atomic E-state index is -0.0749. The summed E-state index contributed by atoms with van der Waals surface area (Å²) in [4.78, 5) is 14.8. The van der Waals surface area contributed by atoms with E-state index in [2.05, 4.69) is 31.0 Å². The summed E-state index contributed by atoms with van der Waals surface area (Å²) in [6.45, 7) is 9.72. The molecule has 1 aliphatic rings. The minimum Gasteiger partial charge on any atom is -0.398 e. The van der Waals surface area contributed by atoms with Crippen molar-refractivity contribution in [3.8, 4) is 0 Å². The molecule has 1 aromatic carbocycles. The second-order valence-corrected chi connectivity index (χ2v) is 6.83. The summed E-state index contributed by atoms with van der Waals surface area (Å²) in [6, 6.07) is 7.62. The molecule has 0 saturated carbocycles. The van der Waals surface area contributed by atoms with Crippen molar-refractivity contribution in [2.75, 3.05) is 25.4 Å². The van der Waals surface area contributed by atoms with Crippen LogP contribution in [0.4, 0.5) is 5.69 Å². The highest BCUT2D eigenvalue weighted by Gasteiger charge is 2.26. The van der Waals surface area contributed by atoms with Gasteiger partial charge in [-0.1, -0.05) is 32.9 Å². The van der Waals surface area contributed by atoms with E-state index in [1.54, 1.807) is 12.1 Å². The summed E-state index contributed by atoms with van der Waals surface area (Å²) in [5.74, 6) is 1.26. The zero-order valence-electron chi connectivity index (χ0n) is 14.0. The van der Waals surface area contributed by atoms with Gasteiger partial charge in [0, 0.05) is 18.3 Å². The van der Waals surface area contributed by atoms with Crippen LogP contribution in [0.25, 0.3) is 0 Å².